The predicted molar refractivity (Wildman–Crippen MR) is 145 cm³/mol. The maximum absolute atomic E-state index is 14.0. The topological polar surface area (TPSA) is 77.3 Å². The Morgan fingerprint density at radius 2 is 1.94 bits per heavy atom. The second-order valence-corrected chi connectivity index (χ2v) is 9.83. The summed E-state index contributed by atoms with van der Waals surface area (Å²) in [5.74, 6) is 1.26. The summed E-state index contributed by atoms with van der Waals surface area (Å²) < 4.78 is 20.7. The molecule has 0 saturated carbocycles. The van der Waals surface area contributed by atoms with Crippen LogP contribution in [0.1, 0.15) is 31.9 Å². The average molecular weight is 588 g/mol. The minimum Gasteiger partial charge on any atom is -0.493 e. The molecule has 184 valence electrons. The molecule has 1 aliphatic heterocycles. The molecule has 2 heterocycles. The fourth-order valence-electron chi connectivity index (χ4n) is 4.56. The van der Waals surface area contributed by atoms with Crippen LogP contribution in [0.15, 0.2) is 36.7 Å². The maximum atomic E-state index is 14.0. The molecule has 1 N–H and O–H groups in total. The van der Waals surface area contributed by atoms with Gasteiger partial charge in [-0.25, -0.2) is 14.4 Å². The van der Waals surface area contributed by atoms with Gasteiger partial charge in [0.05, 0.1) is 24.7 Å². The molecule has 1 aliphatic rings. The van der Waals surface area contributed by atoms with E-state index in [2.05, 4.69) is 73.7 Å². The Balaban J connectivity index is 1.73. The number of nitrogens with zero attached hydrogens (tertiary/aromatic N) is 5. The van der Waals surface area contributed by atoms with Crippen LogP contribution < -0.4 is 10.1 Å². The van der Waals surface area contributed by atoms with E-state index in [1.54, 1.807) is 6.07 Å². The first kappa shape index (κ1) is 25.5. The second kappa shape index (κ2) is 11.0. The summed E-state index contributed by atoms with van der Waals surface area (Å²) in [7, 11) is 0. The highest BCUT2D eigenvalue weighted by Gasteiger charge is 2.34. The van der Waals surface area contributed by atoms with Crippen molar-refractivity contribution in [3.8, 4) is 11.8 Å². The molecule has 0 bridgehead atoms. The lowest BCUT2D eigenvalue weighted by Crippen LogP contribution is -2.53. The van der Waals surface area contributed by atoms with Crippen molar-refractivity contribution >= 4 is 45.0 Å². The lowest BCUT2D eigenvalue weighted by molar-refractivity contribution is 0.0540. The molecule has 7 nitrogen and oxygen atoms in total. The Morgan fingerprint density at radius 3 is 2.63 bits per heavy atom. The Bertz CT molecular complexity index is 1240. The van der Waals surface area contributed by atoms with E-state index >= 15 is 0 Å². The summed E-state index contributed by atoms with van der Waals surface area (Å²) in [6.07, 6.45) is 1.53. The Hall–Kier alpha value is -2.55. The number of piperazine rings is 1. The zero-order valence-electron chi connectivity index (χ0n) is 20.3. The molecule has 0 amide bonds. The number of fused-ring (bicyclic) bond motifs is 1. The van der Waals surface area contributed by atoms with Crippen molar-refractivity contribution in [2.24, 2.45) is 0 Å². The molecular formula is C26H30FIN6O. The van der Waals surface area contributed by atoms with Crippen LogP contribution >= 0.6 is 22.6 Å². The molecule has 0 atom stereocenters. The van der Waals surface area contributed by atoms with Crippen molar-refractivity contribution in [3.63, 3.8) is 0 Å². The van der Waals surface area contributed by atoms with E-state index in [0.717, 1.165) is 54.1 Å². The van der Waals surface area contributed by atoms with Crippen molar-refractivity contribution < 1.29 is 9.13 Å². The quantitative estimate of drug-likeness (QED) is 0.220. The number of rotatable bonds is 8. The number of hydrogen-bond acceptors (Lipinski definition) is 7. The SMILES string of the molecule is CCOc1cc2ncnc(Nc3ccc(F)c(CI)c3)c2cc1C(C)(C)N1CCN(CC#N)CC1. The number of nitrogens with one attached hydrogen (secondary N) is 1. The highest BCUT2D eigenvalue weighted by Crippen LogP contribution is 2.39. The van der Waals surface area contributed by atoms with E-state index in [0.29, 0.717) is 29.0 Å². The summed E-state index contributed by atoms with van der Waals surface area (Å²) in [6, 6.07) is 11.4. The van der Waals surface area contributed by atoms with Crippen LogP contribution in [0.4, 0.5) is 15.9 Å². The van der Waals surface area contributed by atoms with Gasteiger partial charge in [0.15, 0.2) is 0 Å². The molecule has 9 heteroatoms. The number of benzene rings is 2. The third-order valence-electron chi connectivity index (χ3n) is 6.61. The number of aromatic nitrogens is 2. The summed E-state index contributed by atoms with van der Waals surface area (Å²) in [5, 5.41) is 13.3. The van der Waals surface area contributed by atoms with Gasteiger partial charge in [-0.2, -0.15) is 5.26 Å². The van der Waals surface area contributed by atoms with Crippen LogP contribution in [-0.4, -0.2) is 59.1 Å². The maximum Gasteiger partial charge on any atom is 0.141 e. The zero-order valence-corrected chi connectivity index (χ0v) is 22.5. The zero-order chi connectivity index (χ0) is 25.0. The highest BCUT2D eigenvalue weighted by molar-refractivity contribution is 14.1. The molecule has 35 heavy (non-hydrogen) atoms. The average Bonchev–Trinajstić information content (AvgIpc) is 2.85. The standard InChI is InChI=1S/C26H30FIN6O/c1-4-35-24-15-23-20(14-21(24)26(2,3)34-11-9-33(8-7-29)10-12-34)25(31-17-30-23)32-19-5-6-22(27)18(13-19)16-28/h5-6,13-15,17H,4,8-12,16H2,1-3H3,(H,30,31,32). The normalized spacial score (nSPS) is 15.2. The van der Waals surface area contributed by atoms with Gasteiger partial charge in [-0.15, -0.1) is 0 Å². The van der Waals surface area contributed by atoms with Gasteiger partial charge >= 0.3 is 0 Å². The van der Waals surface area contributed by atoms with Gasteiger partial charge in [0, 0.05) is 58.8 Å². The summed E-state index contributed by atoms with van der Waals surface area (Å²) in [4.78, 5) is 13.6. The van der Waals surface area contributed by atoms with Crippen molar-refractivity contribution in [1.82, 2.24) is 19.8 Å². The van der Waals surface area contributed by atoms with Crippen molar-refractivity contribution in [1.29, 1.82) is 5.26 Å². The van der Waals surface area contributed by atoms with Gasteiger partial charge in [0.25, 0.3) is 0 Å². The van der Waals surface area contributed by atoms with Crippen LogP contribution in [0.3, 0.4) is 0 Å². The van der Waals surface area contributed by atoms with Gasteiger partial charge < -0.3 is 10.1 Å². The third-order valence-corrected chi connectivity index (χ3v) is 7.43. The van der Waals surface area contributed by atoms with Crippen LogP contribution in [-0.2, 0) is 9.97 Å². The number of alkyl halides is 1. The lowest BCUT2D eigenvalue weighted by Gasteiger charge is -2.44. The van der Waals surface area contributed by atoms with Crippen molar-refractivity contribution in [3.05, 3.63) is 53.6 Å². The largest absolute Gasteiger partial charge is 0.493 e. The first-order chi connectivity index (χ1) is 16.9. The second-order valence-electron chi connectivity index (χ2n) is 9.07. The number of halogens is 2. The van der Waals surface area contributed by atoms with Gasteiger partial charge in [-0.05, 0) is 50.6 Å². The predicted octanol–water partition coefficient (Wildman–Crippen LogP) is 5.22. The van der Waals surface area contributed by atoms with E-state index in [1.165, 1.54) is 12.4 Å². The molecule has 2 aromatic carbocycles. The fraction of sp³-hybridized carbons (Fsp3) is 0.423. The first-order valence-corrected chi connectivity index (χ1v) is 13.3. The number of nitriles is 1. The molecule has 0 spiro atoms. The summed E-state index contributed by atoms with van der Waals surface area (Å²) >= 11 is 2.16. The number of ether oxygens (including phenoxy) is 1. The molecule has 3 aromatic rings. The molecule has 1 fully saturated rings. The minimum atomic E-state index is -0.311. The molecule has 0 aliphatic carbocycles. The van der Waals surface area contributed by atoms with Crippen molar-refractivity contribution in [2.75, 3.05) is 44.6 Å². The van der Waals surface area contributed by atoms with E-state index in [-0.39, 0.29) is 11.4 Å². The van der Waals surface area contributed by atoms with E-state index in [1.807, 2.05) is 19.1 Å². The Labute approximate surface area is 219 Å². The molecule has 4 rings (SSSR count). The van der Waals surface area contributed by atoms with E-state index in [9.17, 15) is 4.39 Å². The van der Waals surface area contributed by atoms with Gasteiger partial charge in [-0.1, -0.05) is 22.6 Å². The molecule has 1 saturated heterocycles. The van der Waals surface area contributed by atoms with Crippen LogP contribution in [0, 0.1) is 17.1 Å². The molecule has 1 aromatic heterocycles. The van der Waals surface area contributed by atoms with Gasteiger partial charge in [0.1, 0.15) is 23.7 Å². The smallest absolute Gasteiger partial charge is 0.141 e. The fourth-order valence-corrected chi connectivity index (χ4v) is 5.15. The van der Waals surface area contributed by atoms with E-state index < -0.39 is 0 Å². The first-order valence-electron chi connectivity index (χ1n) is 11.7. The molecular weight excluding hydrogens is 558 g/mol. The van der Waals surface area contributed by atoms with Gasteiger partial charge in [-0.3, -0.25) is 9.80 Å². The summed E-state index contributed by atoms with van der Waals surface area (Å²) in [5.41, 5.74) is 2.95. The summed E-state index contributed by atoms with van der Waals surface area (Å²) in [6.45, 7) is 10.8. The van der Waals surface area contributed by atoms with Gasteiger partial charge in [0.2, 0.25) is 0 Å². The minimum absolute atomic E-state index is 0.210. The molecule has 0 radical (unpaired) electrons. The third kappa shape index (κ3) is 5.50. The lowest BCUT2D eigenvalue weighted by atomic mass is 9.89. The van der Waals surface area contributed by atoms with Crippen molar-refractivity contribution in [2.45, 2.75) is 30.7 Å². The van der Waals surface area contributed by atoms with Crippen LogP contribution in [0.25, 0.3) is 10.9 Å². The number of hydrogen-bond donors (Lipinski definition) is 1. The van der Waals surface area contributed by atoms with Crippen LogP contribution in [0.2, 0.25) is 0 Å². The monoisotopic (exact) mass is 588 g/mol. The highest BCUT2D eigenvalue weighted by atomic mass is 127. The van der Waals surface area contributed by atoms with E-state index in [4.69, 9.17) is 10.00 Å². The number of anilines is 2. The molecule has 0 unspecified atom stereocenters. The van der Waals surface area contributed by atoms with Crippen LogP contribution in [0.5, 0.6) is 5.75 Å². The Morgan fingerprint density at radius 1 is 1.17 bits per heavy atom. The Kier molecular flexibility index (Phi) is 8.04.